The fourth-order valence-electron chi connectivity index (χ4n) is 4.28. The van der Waals surface area contributed by atoms with Crippen molar-refractivity contribution in [3.8, 4) is 0 Å². The average molecular weight is 489 g/mol. The van der Waals surface area contributed by atoms with Crippen molar-refractivity contribution in [3.05, 3.63) is 35.7 Å². The quantitative estimate of drug-likeness (QED) is 0.412. The molecule has 184 valence electrons. The highest BCUT2D eigenvalue weighted by molar-refractivity contribution is 7.89. The van der Waals surface area contributed by atoms with Crippen LogP contribution in [-0.2, 0) is 34.2 Å². The molecule has 1 aromatic carbocycles. The van der Waals surface area contributed by atoms with Gasteiger partial charge in [0.1, 0.15) is 5.82 Å². The summed E-state index contributed by atoms with van der Waals surface area (Å²) >= 11 is 0. The van der Waals surface area contributed by atoms with Crippen molar-refractivity contribution in [3.63, 3.8) is 0 Å². The van der Waals surface area contributed by atoms with Crippen LogP contribution in [0.15, 0.2) is 27.6 Å². The molecule has 11 heteroatoms. The summed E-state index contributed by atoms with van der Waals surface area (Å²) in [7, 11) is -3.50. The van der Waals surface area contributed by atoms with Gasteiger partial charge < -0.3 is 14.4 Å². The maximum Gasteiger partial charge on any atom is 0.243 e. The molecule has 2 aromatic heterocycles. The first-order chi connectivity index (χ1) is 16.4. The number of hydrogen-bond acceptors (Lipinski definition) is 7. The largest absolute Gasteiger partial charge is 0.356 e. The zero-order valence-corrected chi connectivity index (χ0v) is 20.6. The maximum atomic E-state index is 13.0. The molecule has 1 aliphatic heterocycles. The molecule has 3 heterocycles. The number of aryl methyl sites for hydroxylation is 4. The van der Waals surface area contributed by atoms with Gasteiger partial charge in [0.15, 0.2) is 5.82 Å². The highest BCUT2D eigenvalue weighted by atomic mass is 32.2. The Balaban J connectivity index is 1.39. The van der Waals surface area contributed by atoms with Gasteiger partial charge in [0, 0.05) is 45.4 Å². The summed E-state index contributed by atoms with van der Waals surface area (Å²) in [6.45, 7) is 6.28. The zero-order chi connectivity index (χ0) is 24.1. The molecule has 4 rings (SSSR count). The first kappa shape index (κ1) is 24.3. The van der Waals surface area contributed by atoms with Crippen molar-refractivity contribution in [1.82, 2.24) is 29.3 Å². The molecule has 0 bridgehead atoms. The van der Waals surface area contributed by atoms with Gasteiger partial charge in [-0.25, -0.2) is 13.4 Å². The van der Waals surface area contributed by atoms with Gasteiger partial charge in [0.25, 0.3) is 0 Å². The Morgan fingerprint density at radius 2 is 1.97 bits per heavy atom. The van der Waals surface area contributed by atoms with Crippen LogP contribution >= 0.6 is 0 Å². The Hall–Kier alpha value is -2.79. The number of benzene rings is 1. The predicted octanol–water partition coefficient (Wildman–Crippen LogP) is 2.60. The van der Waals surface area contributed by atoms with Crippen molar-refractivity contribution in [2.45, 2.75) is 70.2 Å². The third kappa shape index (κ3) is 5.47. The number of nitrogens with zero attached hydrogens (tertiary/aromatic N) is 5. The van der Waals surface area contributed by atoms with E-state index in [2.05, 4.69) is 26.9 Å². The van der Waals surface area contributed by atoms with Crippen LogP contribution in [0.1, 0.15) is 56.6 Å². The first-order valence-electron chi connectivity index (χ1n) is 11.9. The van der Waals surface area contributed by atoms with E-state index < -0.39 is 10.0 Å². The van der Waals surface area contributed by atoms with E-state index in [0.29, 0.717) is 56.1 Å². The highest BCUT2D eigenvalue weighted by Crippen LogP contribution is 2.25. The Labute approximate surface area is 199 Å². The SMILES string of the molecule is CCCn1c(CCC(=O)NCCCc2nc(C)no2)nc2cc(S(=O)(=O)N3CCCC3)ccc21. The molecule has 0 radical (unpaired) electrons. The standard InChI is InChI=1S/C23H32N6O4S/c1-3-13-29-20-9-8-18(34(31,32)28-14-4-5-15-28)16-19(20)26-21(29)10-11-22(30)24-12-6-7-23-25-17(2)27-33-23/h8-9,16H,3-7,10-15H2,1-2H3,(H,24,30). The van der Waals surface area contributed by atoms with Gasteiger partial charge in [-0.3, -0.25) is 4.79 Å². The van der Waals surface area contributed by atoms with E-state index in [-0.39, 0.29) is 10.8 Å². The molecule has 1 aliphatic rings. The Morgan fingerprint density at radius 1 is 1.18 bits per heavy atom. The lowest BCUT2D eigenvalue weighted by Crippen LogP contribution is -2.27. The number of nitrogens with one attached hydrogen (secondary N) is 1. The smallest absolute Gasteiger partial charge is 0.243 e. The number of rotatable bonds is 11. The summed E-state index contributed by atoms with van der Waals surface area (Å²) in [5, 5.41) is 6.68. The minimum atomic E-state index is -3.50. The number of sulfonamides is 1. The van der Waals surface area contributed by atoms with Gasteiger partial charge in [-0.05, 0) is 50.8 Å². The summed E-state index contributed by atoms with van der Waals surface area (Å²) in [6, 6.07) is 5.17. The monoisotopic (exact) mass is 488 g/mol. The van der Waals surface area contributed by atoms with Crippen molar-refractivity contribution in [2.75, 3.05) is 19.6 Å². The Kier molecular flexibility index (Phi) is 7.62. The van der Waals surface area contributed by atoms with Crippen LogP contribution in [0, 0.1) is 6.92 Å². The molecule has 1 fully saturated rings. The molecule has 0 spiro atoms. The lowest BCUT2D eigenvalue weighted by atomic mass is 10.2. The topological polar surface area (TPSA) is 123 Å². The van der Waals surface area contributed by atoms with E-state index in [1.165, 1.54) is 0 Å². The number of hydrogen-bond donors (Lipinski definition) is 1. The molecular weight excluding hydrogens is 456 g/mol. The molecule has 0 unspecified atom stereocenters. The van der Waals surface area contributed by atoms with Gasteiger partial charge in [-0.15, -0.1) is 0 Å². The van der Waals surface area contributed by atoms with Crippen LogP contribution in [-0.4, -0.2) is 58.0 Å². The minimum absolute atomic E-state index is 0.0471. The molecule has 1 saturated heterocycles. The fraction of sp³-hybridized carbons (Fsp3) is 0.565. The number of imidazole rings is 1. The number of fused-ring (bicyclic) bond motifs is 1. The van der Waals surface area contributed by atoms with Gasteiger partial charge in [0.2, 0.25) is 21.8 Å². The summed E-state index contributed by atoms with van der Waals surface area (Å²) in [6.07, 6.45) is 4.84. The van der Waals surface area contributed by atoms with Gasteiger partial charge in [-0.1, -0.05) is 12.1 Å². The van der Waals surface area contributed by atoms with Crippen molar-refractivity contribution in [2.24, 2.45) is 0 Å². The minimum Gasteiger partial charge on any atom is -0.356 e. The third-order valence-corrected chi connectivity index (χ3v) is 7.88. The lowest BCUT2D eigenvalue weighted by Gasteiger charge is -2.15. The maximum absolute atomic E-state index is 13.0. The molecule has 0 aliphatic carbocycles. The van der Waals surface area contributed by atoms with E-state index in [0.717, 1.165) is 43.6 Å². The van der Waals surface area contributed by atoms with E-state index in [4.69, 9.17) is 9.51 Å². The molecular formula is C23H32N6O4S. The molecule has 0 saturated carbocycles. The van der Waals surface area contributed by atoms with Gasteiger partial charge in [-0.2, -0.15) is 9.29 Å². The van der Waals surface area contributed by atoms with Crippen molar-refractivity contribution < 1.29 is 17.7 Å². The molecule has 1 amide bonds. The number of carbonyl (C=O) groups is 1. The van der Waals surface area contributed by atoms with E-state index in [9.17, 15) is 13.2 Å². The predicted molar refractivity (Wildman–Crippen MR) is 127 cm³/mol. The zero-order valence-electron chi connectivity index (χ0n) is 19.8. The molecule has 1 N–H and O–H groups in total. The molecule has 34 heavy (non-hydrogen) atoms. The average Bonchev–Trinajstić information content (AvgIpc) is 3.56. The van der Waals surface area contributed by atoms with Crippen LogP contribution in [0.5, 0.6) is 0 Å². The second kappa shape index (κ2) is 10.6. The Morgan fingerprint density at radius 3 is 2.68 bits per heavy atom. The van der Waals surface area contributed by atoms with Gasteiger partial charge in [0.05, 0.1) is 15.9 Å². The normalized spacial score (nSPS) is 14.8. The Bertz CT molecular complexity index is 1240. The van der Waals surface area contributed by atoms with E-state index in [1.807, 2.05) is 6.07 Å². The number of carbonyl (C=O) groups excluding carboxylic acids is 1. The second-order valence-electron chi connectivity index (χ2n) is 8.63. The summed E-state index contributed by atoms with van der Waals surface area (Å²) in [5.41, 5.74) is 1.55. The van der Waals surface area contributed by atoms with Crippen LogP contribution in [0.3, 0.4) is 0 Å². The van der Waals surface area contributed by atoms with Crippen molar-refractivity contribution in [1.29, 1.82) is 0 Å². The fourth-order valence-corrected chi connectivity index (χ4v) is 5.82. The summed E-state index contributed by atoms with van der Waals surface area (Å²) in [5.74, 6) is 1.93. The van der Waals surface area contributed by atoms with Gasteiger partial charge >= 0.3 is 0 Å². The van der Waals surface area contributed by atoms with Crippen LogP contribution in [0.4, 0.5) is 0 Å². The summed E-state index contributed by atoms with van der Waals surface area (Å²) in [4.78, 5) is 21.5. The lowest BCUT2D eigenvalue weighted by molar-refractivity contribution is -0.121. The summed E-state index contributed by atoms with van der Waals surface area (Å²) < 4.78 is 34.6. The highest BCUT2D eigenvalue weighted by Gasteiger charge is 2.27. The molecule has 0 atom stereocenters. The third-order valence-electron chi connectivity index (χ3n) is 5.98. The van der Waals surface area contributed by atoms with E-state index >= 15 is 0 Å². The van der Waals surface area contributed by atoms with E-state index in [1.54, 1.807) is 23.4 Å². The number of amides is 1. The van der Waals surface area contributed by atoms with Crippen LogP contribution in [0.2, 0.25) is 0 Å². The van der Waals surface area contributed by atoms with Crippen molar-refractivity contribution >= 4 is 27.0 Å². The second-order valence-corrected chi connectivity index (χ2v) is 10.6. The molecule has 10 nitrogen and oxygen atoms in total. The van der Waals surface area contributed by atoms with Crippen LogP contribution in [0.25, 0.3) is 11.0 Å². The van der Waals surface area contributed by atoms with Crippen LogP contribution < -0.4 is 5.32 Å². The number of aromatic nitrogens is 4. The molecule has 3 aromatic rings. The first-order valence-corrected chi connectivity index (χ1v) is 13.4.